The summed E-state index contributed by atoms with van der Waals surface area (Å²) in [5.74, 6) is -3.46. The number of esters is 1. The van der Waals surface area contributed by atoms with Crippen LogP contribution in [0.4, 0.5) is 0 Å². The maximum Gasteiger partial charge on any atom is 0.331 e. The predicted octanol–water partition coefficient (Wildman–Crippen LogP) is 1.95. The smallest absolute Gasteiger partial charge is 0.331 e. The number of carbonyl (C=O) groups excluding carboxylic acids is 3. The zero-order valence-electron chi connectivity index (χ0n) is 18.6. The Balaban J connectivity index is 2.81. The van der Waals surface area contributed by atoms with E-state index in [1.807, 2.05) is 0 Å². The van der Waals surface area contributed by atoms with Gasteiger partial charge in [0.25, 0.3) is 0 Å². The van der Waals surface area contributed by atoms with Crippen molar-refractivity contribution in [3.63, 3.8) is 0 Å². The van der Waals surface area contributed by atoms with Crippen molar-refractivity contribution in [1.82, 2.24) is 5.32 Å². The Labute approximate surface area is 174 Å². The number of aliphatic carboxylic acids is 1. The number of ether oxygens (including phenoxy) is 1. The number of carboxylic acid groups (broad SMARTS) is 1. The van der Waals surface area contributed by atoms with Gasteiger partial charge in [-0.2, -0.15) is 0 Å². The van der Waals surface area contributed by atoms with Crippen molar-refractivity contribution in [2.75, 3.05) is 7.11 Å². The van der Waals surface area contributed by atoms with E-state index in [0.29, 0.717) is 6.42 Å². The lowest BCUT2D eigenvalue weighted by atomic mass is 9.57. The summed E-state index contributed by atoms with van der Waals surface area (Å²) in [6.45, 7) is 8.14. The lowest BCUT2D eigenvalue weighted by Gasteiger charge is -2.48. The first kappa shape index (κ1) is 25.4. The van der Waals surface area contributed by atoms with E-state index in [1.54, 1.807) is 0 Å². The lowest BCUT2D eigenvalue weighted by molar-refractivity contribution is -0.306. The first-order chi connectivity index (χ1) is 13.4. The number of carbonyl (C=O) groups is 3. The van der Waals surface area contributed by atoms with Crippen LogP contribution in [0.5, 0.6) is 0 Å². The van der Waals surface area contributed by atoms with Crippen LogP contribution in [-0.4, -0.2) is 42.2 Å². The zero-order chi connectivity index (χ0) is 22.2. The summed E-state index contributed by atoms with van der Waals surface area (Å²) in [5, 5.41) is 23.4. The minimum absolute atomic E-state index is 0.141. The van der Waals surface area contributed by atoms with Crippen LogP contribution in [0.3, 0.4) is 0 Å². The molecule has 168 valence electrons. The normalized spacial score (nSPS) is 19.7. The second kappa shape index (κ2) is 11.0. The predicted molar refractivity (Wildman–Crippen MR) is 108 cm³/mol. The topological polar surface area (TPSA) is 116 Å². The zero-order valence-corrected chi connectivity index (χ0v) is 18.6. The molecule has 0 aromatic heterocycles. The second-order valence-corrected chi connectivity index (χ2v) is 9.51. The highest BCUT2D eigenvalue weighted by atomic mass is 16.5. The first-order valence-electron chi connectivity index (χ1n) is 10.7. The summed E-state index contributed by atoms with van der Waals surface area (Å²) >= 11 is 0. The summed E-state index contributed by atoms with van der Waals surface area (Å²) in [4.78, 5) is 35.6. The number of hydrogen-bond acceptors (Lipinski definition) is 6. The van der Waals surface area contributed by atoms with Crippen molar-refractivity contribution in [3.8, 4) is 0 Å². The van der Waals surface area contributed by atoms with E-state index in [4.69, 9.17) is 0 Å². The van der Waals surface area contributed by atoms with Crippen LogP contribution < -0.4 is 10.4 Å². The summed E-state index contributed by atoms with van der Waals surface area (Å²) in [7, 11) is 1.17. The third-order valence-electron chi connectivity index (χ3n) is 6.63. The van der Waals surface area contributed by atoms with Gasteiger partial charge in [0.1, 0.15) is 0 Å². The monoisotopic (exact) mass is 412 g/mol. The van der Waals surface area contributed by atoms with Crippen molar-refractivity contribution in [3.05, 3.63) is 0 Å². The highest BCUT2D eigenvalue weighted by Gasteiger charge is 2.42. The number of aliphatic hydroxyl groups excluding tert-OH is 1. The van der Waals surface area contributed by atoms with Gasteiger partial charge in [-0.15, -0.1) is 0 Å². The molecule has 7 nitrogen and oxygen atoms in total. The quantitative estimate of drug-likeness (QED) is 0.530. The van der Waals surface area contributed by atoms with Crippen molar-refractivity contribution >= 4 is 17.8 Å². The molecule has 0 saturated heterocycles. The number of carboxylic acids is 1. The molecule has 3 atom stereocenters. The first-order valence-corrected chi connectivity index (χ1v) is 10.7. The van der Waals surface area contributed by atoms with Crippen molar-refractivity contribution in [2.45, 2.75) is 97.6 Å². The minimum Gasteiger partial charge on any atom is -0.550 e. The SMILES string of the molecule is COC(=O)C(NC(=O)C(CCCC1(C(C)(C)C)CCCCC1)CC(=O)[O-])C(C)O. The molecule has 1 saturated carbocycles. The van der Waals surface area contributed by atoms with Crippen LogP contribution in [0.25, 0.3) is 0 Å². The Morgan fingerprint density at radius 1 is 1.17 bits per heavy atom. The van der Waals surface area contributed by atoms with Gasteiger partial charge >= 0.3 is 5.97 Å². The van der Waals surface area contributed by atoms with E-state index in [2.05, 4.69) is 30.8 Å². The van der Waals surface area contributed by atoms with Crippen LogP contribution in [0.1, 0.15) is 85.5 Å². The van der Waals surface area contributed by atoms with Crippen LogP contribution in [0.15, 0.2) is 0 Å². The van der Waals surface area contributed by atoms with Gasteiger partial charge in [0.2, 0.25) is 5.91 Å². The molecule has 1 aliphatic rings. The van der Waals surface area contributed by atoms with Gasteiger partial charge in [-0.05, 0) is 49.9 Å². The maximum absolute atomic E-state index is 12.7. The number of nitrogens with one attached hydrogen (secondary N) is 1. The van der Waals surface area contributed by atoms with Gasteiger partial charge < -0.3 is 25.1 Å². The molecule has 0 aromatic carbocycles. The molecule has 1 aliphatic carbocycles. The average molecular weight is 413 g/mol. The standard InChI is InChI=1S/C22H39NO6/c1-15(24)18(20(28)29-5)23-19(27)16(14-17(25)26)10-9-13-22(21(2,3)4)11-7-6-8-12-22/h15-16,18,24H,6-14H2,1-5H3,(H,23,27)(H,25,26)/p-1. The molecule has 0 radical (unpaired) electrons. The number of aliphatic hydroxyl groups is 1. The third kappa shape index (κ3) is 7.28. The Kier molecular flexibility index (Phi) is 9.59. The van der Waals surface area contributed by atoms with E-state index in [1.165, 1.54) is 33.3 Å². The molecule has 1 fully saturated rings. The van der Waals surface area contributed by atoms with Crippen LogP contribution in [-0.2, 0) is 19.1 Å². The highest BCUT2D eigenvalue weighted by molar-refractivity contribution is 5.87. The maximum atomic E-state index is 12.7. The summed E-state index contributed by atoms with van der Waals surface area (Å²) < 4.78 is 4.60. The van der Waals surface area contributed by atoms with E-state index in [0.717, 1.165) is 25.7 Å². The molecule has 1 amide bonds. The summed E-state index contributed by atoms with van der Waals surface area (Å²) in [6, 6.07) is -1.23. The minimum atomic E-state index is -1.31. The summed E-state index contributed by atoms with van der Waals surface area (Å²) in [6.07, 6.45) is 6.45. The molecule has 29 heavy (non-hydrogen) atoms. The van der Waals surface area contributed by atoms with Crippen LogP contribution >= 0.6 is 0 Å². The van der Waals surface area contributed by atoms with Crippen molar-refractivity contribution in [2.24, 2.45) is 16.7 Å². The number of amides is 1. The molecule has 7 heteroatoms. The molecule has 3 unspecified atom stereocenters. The molecule has 0 aliphatic heterocycles. The Morgan fingerprint density at radius 2 is 1.76 bits per heavy atom. The largest absolute Gasteiger partial charge is 0.550 e. The molecule has 0 aromatic rings. The average Bonchev–Trinajstić information content (AvgIpc) is 2.63. The van der Waals surface area contributed by atoms with Gasteiger partial charge in [0.05, 0.1) is 13.2 Å². The van der Waals surface area contributed by atoms with Gasteiger partial charge in [0.15, 0.2) is 6.04 Å². The van der Waals surface area contributed by atoms with Gasteiger partial charge in [-0.3, -0.25) is 4.79 Å². The Hall–Kier alpha value is -1.63. The molecular formula is C22H38NO6-. The molecular weight excluding hydrogens is 374 g/mol. The number of methoxy groups -OCH3 is 1. The van der Waals surface area contributed by atoms with Crippen LogP contribution in [0, 0.1) is 16.7 Å². The van der Waals surface area contributed by atoms with E-state index in [-0.39, 0.29) is 10.8 Å². The van der Waals surface area contributed by atoms with Crippen molar-refractivity contribution in [1.29, 1.82) is 0 Å². The number of hydrogen-bond donors (Lipinski definition) is 2. The third-order valence-corrected chi connectivity index (χ3v) is 6.63. The Morgan fingerprint density at radius 3 is 2.21 bits per heavy atom. The fourth-order valence-electron chi connectivity index (χ4n) is 4.59. The fraction of sp³-hybridized carbons (Fsp3) is 0.864. The van der Waals surface area contributed by atoms with Gasteiger partial charge in [-0.1, -0.05) is 46.5 Å². The number of rotatable bonds is 10. The van der Waals surface area contributed by atoms with E-state index >= 15 is 0 Å². The lowest BCUT2D eigenvalue weighted by Crippen LogP contribution is -2.50. The Bertz CT molecular complexity index is 560. The molecule has 1 rings (SSSR count). The van der Waals surface area contributed by atoms with Crippen molar-refractivity contribution < 1.29 is 29.3 Å². The second-order valence-electron chi connectivity index (χ2n) is 9.51. The molecule has 0 bridgehead atoms. The van der Waals surface area contributed by atoms with E-state index in [9.17, 15) is 24.6 Å². The molecule has 0 heterocycles. The molecule has 2 N–H and O–H groups in total. The molecule has 0 spiro atoms. The summed E-state index contributed by atoms with van der Waals surface area (Å²) in [5.41, 5.74) is 0.337. The van der Waals surface area contributed by atoms with Gasteiger partial charge in [-0.25, -0.2) is 4.79 Å². The van der Waals surface area contributed by atoms with Crippen LogP contribution in [0.2, 0.25) is 0 Å². The van der Waals surface area contributed by atoms with Gasteiger partial charge in [0, 0.05) is 11.9 Å². The van der Waals surface area contributed by atoms with E-state index < -0.39 is 42.3 Å². The highest BCUT2D eigenvalue weighted by Crippen LogP contribution is 2.52. The fourth-order valence-corrected chi connectivity index (χ4v) is 4.59.